The van der Waals surface area contributed by atoms with E-state index in [-0.39, 0.29) is 13.0 Å². The zero-order valence-electron chi connectivity index (χ0n) is 10.1. The van der Waals surface area contributed by atoms with Gasteiger partial charge in [-0.3, -0.25) is 9.59 Å². The van der Waals surface area contributed by atoms with Gasteiger partial charge in [-0.1, -0.05) is 61.0 Å². The third-order valence-electron chi connectivity index (χ3n) is 2.27. The Kier molecular flexibility index (Phi) is 9.40. The number of hydrogen-bond acceptors (Lipinski definition) is 3. The first-order valence-electron chi connectivity index (χ1n) is 5.68. The topological polar surface area (TPSA) is 43.4 Å². The highest BCUT2D eigenvalue weighted by Crippen LogP contribution is 2.27. The number of alkyl halides is 3. The van der Waals surface area contributed by atoms with Crippen LogP contribution in [0.2, 0.25) is 0 Å². The Bertz CT molecular complexity index is 276. The molecule has 0 aliphatic heterocycles. The number of ether oxygens (including phenoxy) is 1. The summed E-state index contributed by atoms with van der Waals surface area (Å²) in [6, 6.07) is 0. The van der Waals surface area contributed by atoms with Gasteiger partial charge in [0.1, 0.15) is 6.61 Å². The van der Waals surface area contributed by atoms with E-state index in [1.807, 2.05) is 6.92 Å². The largest absolute Gasteiger partial charge is 0.461 e. The van der Waals surface area contributed by atoms with Gasteiger partial charge in [0.15, 0.2) is 0 Å². The third kappa shape index (κ3) is 10.2. The van der Waals surface area contributed by atoms with E-state index in [0.29, 0.717) is 6.42 Å². The second kappa shape index (κ2) is 9.24. The molecule has 0 aromatic heterocycles. The molecule has 0 saturated heterocycles. The van der Waals surface area contributed by atoms with E-state index in [2.05, 4.69) is 0 Å². The van der Waals surface area contributed by atoms with Crippen molar-refractivity contribution in [3.05, 3.63) is 0 Å². The van der Waals surface area contributed by atoms with E-state index in [9.17, 15) is 9.59 Å². The lowest BCUT2D eigenvalue weighted by atomic mass is 9.98. The molecule has 0 saturated carbocycles. The molecule has 18 heavy (non-hydrogen) atoms. The highest BCUT2D eigenvalue weighted by molar-refractivity contribution is 6.67. The summed E-state index contributed by atoms with van der Waals surface area (Å²) >= 11 is 21.7. The van der Waals surface area contributed by atoms with E-state index in [4.69, 9.17) is 51.1 Å². The normalized spacial score (nSPS) is 13.2. The number of hydrogen-bond donors (Lipinski definition) is 0. The molecule has 0 amide bonds. The van der Waals surface area contributed by atoms with Crippen LogP contribution in [0, 0.1) is 5.92 Å². The molecular weight excluding hydrogens is 322 g/mol. The molecule has 0 fully saturated rings. The summed E-state index contributed by atoms with van der Waals surface area (Å²) in [6.45, 7) is 1.71. The maximum atomic E-state index is 11.7. The standard InChI is InChI=1S/C11H16Cl4O3/c1-2-3-4-5-8(6-9(12)16)10(17)18-7-11(13,14)15/h8H,2-7H2,1H3/t8-/m1/s1. The first-order valence-corrected chi connectivity index (χ1v) is 7.19. The summed E-state index contributed by atoms with van der Waals surface area (Å²) in [7, 11) is 0. The molecule has 0 spiro atoms. The maximum Gasteiger partial charge on any atom is 0.309 e. The zero-order valence-corrected chi connectivity index (χ0v) is 13.1. The summed E-state index contributed by atoms with van der Waals surface area (Å²) in [5.74, 6) is -1.11. The van der Waals surface area contributed by atoms with Gasteiger partial charge in [-0.2, -0.15) is 0 Å². The summed E-state index contributed by atoms with van der Waals surface area (Å²) in [4.78, 5) is 22.6. The fourth-order valence-electron chi connectivity index (χ4n) is 1.41. The van der Waals surface area contributed by atoms with Crippen LogP contribution in [0.25, 0.3) is 0 Å². The molecule has 7 heteroatoms. The number of halogens is 4. The first kappa shape index (κ1) is 18.3. The van der Waals surface area contributed by atoms with Crippen LogP contribution in [0.4, 0.5) is 0 Å². The first-order chi connectivity index (χ1) is 8.26. The summed E-state index contributed by atoms with van der Waals surface area (Å²) < 4.78 is 3.21. The van der Waals surface area contributed by atoms with Gasteiger partial charge in [0.25, 0.3) is 0 Å². The van der Waals surface area contributed by atoms with Crippen molar-refractivity contribution in [1.82, 2.24) is 0 Å². The predicted molar refractivity (Wildman–Crippen MR) is 74.4 cm³/mol. The van der Waals surface area contributed by atoms with Crippen LogP contribution in [0.1, 0.15) is 39.0 Å². The fourth-order valence-corrected chi connectivity index (χ4v) is 1.76. The van der Waals surface area contributed by atoms with Gasteiger partial charge in [0.2, 0.25) is 9.03 Å². The number of carbonyl (C=O) groups is 2. The number of carbonyl (C=O) groups excluding carboxylic acids is 2. The van der Waals surface area contributed by atoms with Crippen LogP contribution in [0.5, 0.6) is 0 Å². The lowest BCUT2D eigenvalue weighted by Crippen LogP contribution is -2.24. The molecule has 0 heterocycles. The van der Waals surface area contributed by atoms with E-state index >= 15 is 0 Å². The van der Waals surface area contributed by atoms with Crippen molar-refractivity contribution >= 4 is 57.6 Å². The molecular formula is C11H16Cl4O3. The van der Waals surface area contributed by atoms with Crippen LogP contribution >= 0.6 is 46.4 Å². The van der Waals surface area contributed by atoms with E-state index in [1.54, 1.807) is 0 Å². The van der Waals surface area contributed by atoms with Gasteiger partial charge in [-0.15, -0.1) is 0 Å². The van der Waals surface area contributed by atoms with E-state index in [0.717, 1.165) is 19.3 Å². The lowest BCUT2D eigenvalue weighted by molar-refractivity contribution is -0.149. The van der Waals surface area contributed by atoms with Crippen molar-refractivity contribution in [2.45, 2.75) is 42.8 Å². The summed E-state index contributed by atoms with van der Waals surface area (Å²) in [6.07, 6.45) is 3.32. The minimum absolute atomic E-state index is 0.0516. The molecule has 0 aromatic carbocycles. The Morgan fingerprint density at radius 1 is 1.22 bits per heavy atom. The van der Waals surface area contributed by atoms with Crippen LogP contribution in [0.15, 0.2) is 0 Å². The number of esters is 1. The van der Waals surface area contributed by atoms with Crippen LogP contribution in [-0.4, -0.2) is 21.6 Å². The molecule has 106 valence electrons. The van der Waals surface area contributed by atoms with Crippen molar-refractivity contribution in [2.24, 2.45) is 5.92 Å². The molecule has 0 unspecified atom stereocenters. The van der Waals surface area contributed by atoms with Gasteiger partial charge in [0, 0.05) is 6.42 Å². The zero-order chi connectivity index (χ0) is 14.2. The van der Waals surface area contributed by atoms with Crippen LogP contribution in [-0.2, 0) is 14.3 Å². The molecule has 1 atom stereocenters. The molecule has 0 aliphatic carbocycles. The highest BCUT2D eigenvalue weighted by Gasteiger charge is 2.27. The summed E-state index contributed by atoms with van der Waals surface area (Å²) in [5.41, 5.74) is 0. The Balaban J connectivity index is 4.26. The fraction of sp³-hybridized carbons (Fsp3) is 0.818. The number of rotatable bonds is 8. The van der Waals surface area contributed by atoms with Gasteiger partial charge < -0.3 is 4.74 Å². The van der Waals surface area contributed by atoms with E-state index < -0.39 is 20.9 Å². The Hall–Kier alpha value is 0.300. The lowest BCUT2D eigenvalue weighted by Gasteiger charge is -2.16. The SMILES string of the molecule is CCCCC[C@H](CC(=O)Cl)C(=O)OCC(Cl)(Cl)Cl. The third-order valence-corrected chi connectivity index (χ3v) is 2.76. The van der Waals surface area contributed by atoms with Crippen molar-refractivity contribution in [3.63, 3.8) is 0 Å². The second-order valence-corrected chi connectivity index (χ2v) is 6.91. The number of unbranched alkanes of at least 4 members (excludes halogenated alkanes) is 2. The Morgan fingerprint density at radius 3 is 2.28 bits per heavy atom. The minimum Gasteiger partial charge on any atom is -0.461 e. The molecule has 3 nitrogen and oxygen atoms in total. The monoisotopic (exact) mass is 336 g/mol. The quantitative estimate of drug-likeness (QED) is 0.288. The second-order valence-electron chi connectivity index (χ2n) is 3.97. The summed E-state index contributed by atoms with van der Waals surface area (Å²) in [5, 5.41) is -0.567. The Labute approximate surface area is 127 Å². The van der Waals surface area contributed by atoms with Crippen molar-refractivity contribution in [1.29, 1.82) is 0 Å². The van der Waals surface area contributed by atoms with Crippen molar-refractivity contribution in [3.8, 4) is 0 Å². The van der Waals surface area contributed by atoms with Crippen molar-refractivity contribution < 1.29 is 14.3 Å². The molecule has 0 rings (SSSR count). The molecule has 0 N–H and O–H groups in total. The highest BCUT2D eigenvalue weighted by atomic mass is 35.6. The molecule has 0 bridgehead atoms. The molecule has 0 aliphatic rings. The Morgan fingerprint density at radius 2 is 1.83 bits per heavy atom. The van der Waals surface area contributed by atoms with Gasteiger partial charge in [-0.25, -0.2) is 0 Å². The van der Waals surface area contributed by atoms with Crippen LogP contribution < -0.4 is 0 Å². The minimum atomic E-state index is -1.64. The van der Waals surface area contributed by atoms with Gasteiger partial charge in [0.05, 0.1) is 5.92 Å². The molecule has 0 aromatic rings. The van der Waals surface area contributed by atoms with Crippen molar-refractivity contribution in [2.75, 3.05) is 6.61 Å². The smallest absolute Gasteiger partial charge is 0.309 e. The van der Waals surface area contributed by atoms with Gasteiger partial charge >= 0.3 is 5.97 Å². The predicted octanol–water partition coefficient (Wildman–Crippen LogP) is 4.25. The molecule has 0 radical (unpaired) electrons. The van der Waals surface area contributed by atoms with Crippen LogP contribution in [0.3, 0.4) is 0 Å². The average Bonchev–Trinajstić information content (AvgIpc) is 2.23. The van der Waals surface area contributed by atoms with Gasteiger partial charge in [-0.05, 0) is 18.0 Å². The van der Waals surface area contributed by atoms with E-state index in [1.165, 1.54) is 0 Å². The maximum absolute atomic E-state index is 11.7. The average molecular weight is 338 g/mol.